The fraction of sp³-hybridized carbons (Fsp3) is 0.417. The summed E-state index contributed by atoms with van der Waals surface area (Å²) in [4.78, 5) is 11.6. The lowest BCUT2D eigenvalue weighted by molar-refractivity contribution is -0.870. The summed E-state index contributed by atoms with van der Waals surface area (Å²) in [6.07, 6.45) is 0. The molecule has 3 nitrogen and oxygen atoms in total. The average Bonchev–Trinajstić information content (AvgIpc) is 2.16. The Morgan fingerprint density at radius 2 is 1.76 bits per heavy atom. The van der Waals surface area contributed by atoms with Crippen molar-refractivity contribution in [2.75, 3.05) is 34.3 Å². The number of esters is 1. The molecular weight excluding hydrogens is 352 g/mol. The second-order valence-corrected chi connectivity index (χ2v) is 5.09. The number of carbonyl (C=O) groups excluding carboxylic acids is 1. The summed E-state index contributed by atoms with van der Waals surface area (Å²) in [5, 5.41) is 0.614. The highest BCUT2D eigenvalue weighted by atomic mass is 127. The standard InChI is InChI=1S/C12H17ClNO2.HI/c1-14(2,3)8-9-16-12(15)10-4-6-11(13)7-5-10;/h4-7H,8-9H2,1-3H3;1H/q+1;/p-1. The van der Waals surface area contributed by atoms with Gasteiger partial charge in [0.1, 0.15) is 13.2 Å². The molecule has 0 N–H and O–H groups in total. The van der Waals surface area contributed by atoms with Gasteiger partial charge in [-0.1, -0.05) is 11.6 Å². The Morgan fingerprint density at radius 1 is 1.24 bits per heavy atom. The van der Waals surface area contributed by atoms with Gasteiger partial charge in [0.05, 0.1) is 26.7 Å². The van der Waals surface area contributed by atoms with E-state index in [0.717, 1.165) is 11.0 Å². The molecule has 0 bridgehead atoms. The van der Waals surface area contributed by atoms with E-state index in [1.54, 1.807) is 24.3 Å². The fourth-order valence-corrected chi connectivity index (χ4v) is 1.21. The van der Waals surface area contributed by atoms with Crippen molar-refractivity contribution in [3.05, 3.63) is 34.9 Å². The molecule has 0 aliphatic rings. The molecule has 1 aromatic carbocycles. The van der Waals surface area contributed by atoms with Gasteiger partial charge in [-0.15, -0.1) is 0 Å². The second-order valence-electron chi connectivity index (χ2n) is 4.66. The van der Waals surface area contributed by atoms with Gasteiger partial charge in [-0.3, -0.25) is 0 Å². The number of benzene rings is 1. The third-order valence-corrected chi connectivity index (χ3v) is 2.33. The monoisotopic (exact) mass is 369 g/mol. The predicted octanol–water partition coefficient (Wildman–Crippen LogP) is -0.793. The van der Waals surface area contributed by atoms with Gasteiger partial charge in [0.2, 0.25) is 0 Å². The molecule has 0 amide bonds. The van der Waals surface area contributed by atoms with Crippen LogP contribution in [-0.2, 0) is 4.74 Å². The van der Waals surface area contributed by atoms with E-state index in [1.807, 2.05) is 0 Å². The quantitative estimate of drug-likeness (QED) is 0.395. The van der Waals surface area contributed by atoms with E-state index in [1.165, 1.54) is 0 Å². The normalized spacial score (nSPS) is 10.6. The topological polar surface area (TPSA) is 26.3 Å². The Labute approximate surface area is 124 Å². The van der Waals surface area contributed by atoms with Crippen LogP contribution in [0, 0.1) is 0 Å². The molecule has 5 heteroatoms. The highest BCUT2D eigenvalue weighted by molar-refractivity contribution is 6.30. The third kappa shape index (κ3) is 6.85. The van der Waals surface area contributed by atoms with Gasteiger partial charge in [-0.2, -0.15) is 0 Å². The summed E-state index contributed by atoms with van der Waals surface area (Å²) >= 11 is 5.73. The first-order valence-electron chi connectivity index (χ1n) is 5.12. The Morgan fingerprint density at radius 3 is 2.24 bits per heavy atom. The van der Waals surface area contributed by atoms with Crippen molar-refractivity contribution in [2.45, 2.75) is 0 Å². The molecular formula is C12H17ClINO2. The van der Waals surface area contributed by atoms with Crippen LogP contribution < -0.4 is 24.0 Å². The Balaban J connectivity index is 0.00000256. The smallest absolute Gasteiger partial charge is 0.338 e. The Hall–Kier alpha value is -0.330. The van der Waals surface area contributed by atoms with Crippen LogP contribution in [0.2, 0.25) is 5.02 Å². The van der Waals surface area contributed by atoms with E-state index in [9.17, 15) is 4.79 Å². The molecule has 0 saturated carbocycles. The van der Waals surface area contributed by atoms with Crippen LogP contribution in [0.25, 0.3) is 0 Å². The molecule has 0 aliphatic carbocycles. The highest BCUT2D eigenvalue weighted by Gasteiger charge is 2.10. The van der Waals surface area contributed by atoms with Crippen molar-refractivity contribution in [3.63, 3.8) is 0 Å². The molecule has 0 unspecified atom stereocenters. The summed E-state index contributed by atoms with van der Waals surface area (Å²) in [5.74, 6) is -0.301. The van der Waals surface area contributed by atoms with Crippen molar-refractivity contribution in [1.82, 2.24) is 0 Å². The molecule has 96 valence electrons. The van der Waals surface area contributed by atoms with Crippen LogP contribution >= 0.6 is 11.6 Å². The molecule has 17 heavy (non-hydrogen) atoms. The van der Waals surface area contributed by atoms with E-state index >= 15 is 0 Å². The number of halogens is 2. The molecule has 0 heterocycles. The van der Waals surface area contributed by atoms with Gasteiger partial charge in [0, 0.05) is 5.02 Å². The van der Waals surface area contributed by atoms with E-state index in [-0.39, 0.29) is 29.9 Å². The van der Waals surface area contributed by atoms with Crippen molar-refractivity contribution in [3.8, 4) is 0 Å². The molecule has 0 saturated heterocycles. The lowest BCUT2D eigenvalue weighted by Crippen LogP contribution is -3.00. The first-order valence-corrected chi connectivity index (χ1v) is 5.49. The maximum atomic E-state index is 11.6. The van der Waals surface area contributed by atoms with E-state index in [4.69, 9.17) is 16.3 Å². The van der Waals surface area contributed by atoms with Crippen LogP contribution in [-0.4, -0.2) is 44.7 Å². The van der Waals surface area contributed by atoms with Crippen molar-refractivity contribution in [2.24, 2.45) is 0 Å². The fourth-order valence-electron chi connectivity index (χ4n) is 1.08. The van der Waals surface area contributed by atoms with E-state index in [0.29, 0.717) is 17.2 Å². The highest BCUT2D eigenvalue weighted by Crippen LogP contribution is 2.10. The Kier molecular flexibility index (Phi) is 7.04. The largest absolute Gasteiger partial charge is 1.00 e. The third-order valence-electron chi connectivity index (χ3n) is 2.08. The Bertz CT molecular complexity index is 360. The summed E-state index contributed by atoms with van der Waals surface area (Å²) in [6.45, 7) is 1.21. The minimum Gasteiger partial charge on any atom is -1.00 e. The summed E-state index contributed by atoms with van der Waals surface area (Å²) in [7, 11) is 6.16. The van der Waals surface area contributed by atoms with Crippen LogP contribution in [0.5, 0.6) is 0 Å². The number of carbonyl (C=O) groups is 1. The van der Waals surface area contributed by atoms with Gasteiger partial charge in [-0.05, 0) is 24.3 Å². The minimum atomic E-state index is -0.301. The van der Waals surface area contributed by atoms with Gasteiger partial charge in [0.15, 0.2) is 0 Å². The zero-order chi connectivity index (χ0) is 12.2. The second kappa shape index (κ2) is 7.18. The number of rotatable bonds is 4. The van der Waals surface area contributed by atoms with Crippen molar-refractivity contribution in [1.29, 1.82) is 0 Å². The molecule has 0 atom stereocenters. The van der Waals surface area contributed by atoms with Gasteiger partial charge >= 0.3 is 5.97 Å². The molecule has 0 radical (unpaired) electrons. The number of ether oxygens (including phenoxy) is 1. The average molecular weight is 370 g/mol. The number of nitrogens with zero attached hydrogens (tertiary/aromatic N) is 1. The molecule has 0 aliphatic heterocycles. The van der Waals surface area contributed by atoms with E-state index in [2.05, 4.69) is 21.1 Å². The molecule has 1 rings (SSSR count). The number of likely N-dealkylation sites (N-methyl/N-ethyl adjacent to an activating group) is 1. The molecule has 0 aromatic heterocycles. The predicted molar refractivity (Wildman–Crippen MR) is 64.6 cm³/mol. The first-order chi connectivity index (χ1) is 7.38. The zero-order valence-corrected chi connectivity index (χ0v) is 13.2. The molecule has 0 fully saturated rings. The summed E-state index contributed by atoms with van der Waals surface area (Å²) in [5.41, 5.74) is 0.533. The van der Waals surface area contributed by atoms with Crippen LogP contribution in [0.4, 0.5) is 0 Å². The lowest BCUT2D eigenvalue weighted by Gasteiger charge is -2.23. The number of hydrogen-bond donors (Lipinski definition) is 0. The number of quaternary nitrogens is 1. The van der Waals surface area contributed by atoms with Gasteiger partial charge in [0.25, 0.3) is 0 Å². The lowest BCUT2D eigenvalue weighted by atomic mass is 10.2. The van der Waals surface area contributed by atoms with Crippen LogP contribution in [0.3, 0.4) is 0 Å². The maximum absolute atomic E-state index is 11.6. The van der Waals surface area contributed by atoms with Crippen LogP contribution in [0.15, 0.2) is 24.3 Å². The number of hydrogen-bond acceptors (Lipinski definition) is 2. The van der Waals surface area contributed by atoms with Gasteiger partial charge < -0.3 is 33.2 Å². The van der Waals surface area contributed by atoms with Crippen LogP contribution in [0.1, 0.15) is 10.4 Å². The molecule has 0 spiro atoms. The molecule has 1 aromatic rings. The van der Waals surface area contributed by atoms with Gasteiger partial charge in [-0.25, -0.2) is 4.79 Å². The van der Waals surface area contributed by atoms with Crippen molar-refractivity contribution >= 4 is 17.6 Å². The SMILES string of the molecule is C[N+](C)(C)CCOC(=O)c1ccc(Cl)cc1.[I-]. The van der Waals surface area contributed by atoms with Crippen molar-refractivity contribution < 1.29 is 38.0 Å². The maximum Gasteiger partial charge on any atom is 0.338 e. The summed E-state index contributed by atoms with van der Waals surface area (Å²) < 4.78 is 5.92. The minimum absolute atomic E-state index is 0. The zero-order valence-electron chi connectivity index (χ0n) is 10.2. The van der Waals surface area contributed by atoms with E-state index < -0.39 is 0 Å². The first kappa shape index (κ1) is 16.7. The summed E-state index contributed by atoms with van der Waals surface area (Å²) in [6, 6.07) is 6.68.